The lowest BCUT2D eigenvalue weighted by molar-refractivity contribution is 0.0696. The highest BCUT2D eigenvalue weighted by Crippen LogP contribution is 2.20. The quantitative estimate of drug-likeness (QED) is 0.491. The Bertz CT molecular complexity index is 734. The van der Waals surface area contributed by atoms with Gasteiger partial charge >= 0.3 is 5.97 Å². The van der Waals surface area contributed by atoms with E-state index in [1.165, 1.54) is 18.3 Å². The van der Waals surface area contributed by atoms with Crippen LogP contribution in [-0.4, -0.2) is 40.0 Å². The zero-order valence-corrected chi connectivity index (χ0v) is 12.1. The van der Waals surface area contributed by atoms with E-state index in [-0.39, 0.29) is 22.9 Å². The van der Waals surface area contributed by atoms with E-state index in [0.717, 1.165) is 0 Å². The lowest BCUT2D eigenvalue weighted by Crippen LogP contribution is -2.18. The molecule has 0 fully saturated rings. The Balaban J connectivity index is 2.34. The molecule has 2 aromatic rings. The van der Waals surface area contributed by atoms with E-state index in [9.17, 15) is 9.59 Å². The van der Waals surface area contributed by atoms with Crippen LogP contribution in [0.15, 0.2) is 30.5 Å². The fourth-order valence-corrected chi connectivity index (χ4v) is 1.79. The topological polar surface area (TPSA) is 156 Å². The molecule has 0 radical (unpaired) electrons. The third-order valence-electron chi connectivity index (χ3n) is 2.85. The molecule has 2 rings (SSSR count). The lowest BCUT2D eigenvalue weighted by atomic mass is 10.2. The first-order valence-electron chi connectivity index (χ1n) is 6.72. The van der Waals surface area contributed by atoms with Crippen molar-refractivity contribution in [2.24, 2.45) is 11.5 Å². The maximum atomic E-state index is 11.5. The highest BCUT2D eigenvalue weighted by molar-refractivity contribution is 5.98. The van der Waals surface area contributed by atoms with E-state index in [2.05, 4.69) is 20.6 Å². The number of benzene rings is 1. The van der Waals surface area contributed by atoms with Gasteiger partial charge in [-0.05, 0) is 18.2 Å². The number of amides is 1. The molecule has 7 N–H and O–H groups in total. The van der Waals surface area contributed by atoms with Crippen LogP contribution in [0.3, 0.4) is 0 Å². The van der Waals surface area contributed by atoms with Crippen molar-refractivity contribution in [1.82, 2.24) is 9.97 Å². The molecular formula is C14H16N6O3. The first-order valence-corrected chi connectivity index (χ1v) is 6.72. The van der Waals surface area contributed by atoms with Gasteiger partial charge in [0, 0.05) is 25.0 Å². The predicted octanol–water partition coefficient (Wildman–Crippen LogP) is 0.388. The average Bonchev–Trinajstić information content (AvgIpc) is 2.53. The number of hydrogen-bond donors (Lipinski definition) is 5. The average molecular weight is 316 g/mol. The van der Waals surface area contributed by atoms with Crippen LogP contribution in [-0.2, 0) is 0 Å². The SMILES string of the molecule is NCCNc1ncc(C(N)=O)c(Nc2cccc(C(=O)O)c2)n1. The summed E-state index contributed by atoms with van der Waals surface area (Å²) in [5, 5.41) is 14.8. The van der Waals surface area contributed by atoms with Crippen LogP contribution in [0.25, 0.3) is 0 Å². The molecule has 0 saturated heterocycles. The number of aromatic nitrogens is 2. The molecule has 1 amide bonds. The van der Waals surface area contributed by atoms with Gasteiger partial charge in [-0.25, -0.2) is 9.78 Å². The summed E-state index contributed by atoms with van der Waals surface area (Å²) in [6.07, 6.45) is 1.29. The fourth-order valence-electron chi connectivity index (χ4n) is 1.79. The number of carboxylic acids is 1. The molecule has 1 heterocycles. The summed E-state index contributed by atoms with van der Waals surface area (Å²) in [7, 11) is 0. The van der Waals surface area contributed by atoms with Gasteiger partial charge in [0.25, 0.3) is 5.91 Å². The number of nitrogens with two attached hydrogens (primary N) is 2. The maximum Gasteiger partial charge on any atom is 0.335 e. The number of nitrogens with zero attached hydrogens (tertiary/aromatic N) is 2. The van der Waals surface area contributed by atoms with Crippen LogP contribution in [0, 0.1) is 0 Å². The summed E-state index contributed by atoms with van der Waals surface area (Å²) in [5.74, 6) is -1.31. The van der Waals surface area contributed by atoms with Crippen LogP contribution in [0.1, 0.15) is 20.7 Å². The molecule has 0 aliphatic heterocycles. The minimum atomic E-state index is -1.06. The van der Waals surface area contributed by atoms with Crippen molar-refractivity contribution >= 4 is 29.3 Å². The maximum absolute atomic E-state index is 11.5. The molecule has 0 atom stereocenters. The standard InChI is InChI=1S/C14H16N6O3/c15-4-5-17-14-18-7-10(11(16)21)12(20-14)19-9-3-1-2-8(6-9)13(22)23/h1-3,6-7H,4-5,15H2,(H2,16,21)(H,22,23)(H2,17,18,19,20). The summed E-state index contributed by atoms with van der Waals surface area (Å²) in [4.78, 5) is 30.6. The molecule has 1 aromatic carbocycles. The van der Waals surface area contributed by atoms with Crippen LogP contribution >= 0.6 is 0 Å². The number of carbonyl (C=O) groups excluding carboxylic acids is 1. The molecule has 0 spiro atoms. The second-order valence-corrected chi connectivity index (χ2v) is 4.55. The first-order chi connectivity index (χ1) is 11.0. The van der Waals surface area contributed by atoms with Gasteiger partial charge in [-0.1, -0.05) is 6.07 Å². The fraction of sp³-hybridized carbons (Fsp3) is 0.143. The van der Waals surface area contributed by atoms with Crippen molar-refractivity contribution in [1.29, 1.82) is 0 Å². The zero-order valence-electron chi connectivity index (χ0n) is 12.1. The second-order valence-electron chi connectivity index (χ2n) is 4.55. The molecule has 9 heteroatoms. The highest BCUT2D eigenvalue weighted by Gasteiger charge is 2.13. The van der Waals surface area contributed by atoms with Crippen molar-refractivity contribution in [3.05, 3.63) is 41.6 Å². The number of rotatable bonds is 7. The van der Waals surface area contributed by atoms with E-state index in [1.54, 1.807) is 12.1 Å². The summed E-state index contributed by atoms with van der Waals surface area (Å²) >= 11 is 0. The first kappa shape index (κ1) is 16.2. The third-order valence-corrected chi connectivity index (χ3v) is 2.85. The van der Waals surface area contributed by atoms with Crippen LogP contribution in [0.4, 0.5) is 17.5 Å². The Morgan fingerprint density at radius 1 is 1.30 bits per heavy atom. The summed E-state index contributed by atoms with van der Waals surface area (Å²) in [6.45, 7) is 0.855. The molecule has 0 aliphatic carbocycles. The molecule has 0 unspecified atom stereocenters. The Kier molecular flexibility index (Phi) is 5.05. The molecule has 1 aromatic heterocycles. The number of aromatic carboxylic acids is 1. The van der Waals surface area contributed by atoms with Crippen LogP contribution in [0.5, 0.6) is 0 Å². The molecule has 9 nitrogen and oxygen atoms in total. The number of carbonyl (C=O) groups is 2. The Morgan fingerprint density at radius 2 is 2.09 bits per heavy atom. The summed E-state index contributed by atoms with van der Waals surface area (Å²) in [6, 6.07) is 6.09. The number of nitrogens with one attached hydrogen (secondary N) is 2. The Morgan fingerprint density at radius 3 is 2.74 bits per heavy atom. The molecule has 0 aliphatic rings. The second kappa shape index (κ2) is 7.18. The smallest absolute Gasteiger partial charge is 0.335 e. The van der Waals surface area contributed by atoms with Gasteiger partial charge in [0.05, 0.1) is 5.56 Å². The zero-order chi connectivity index (χ0) is 16.8. The third kappa shape index (κ3) is 4.14. The van der Waals surface area contributed by atoms with E-state index in [1.807, 2.05) is 0 Å². The predicted molar refractivity (Wildman–Crippen MR) is 84.8 cm³/mol. The van der Waals surface area contributed by atoms with Crippen molar-refractivity contribution in [2.75, 3.05) is 23.7 Å². The molecule has 23 heavy (non-hydrogen) atoms. The summed E-state index contributed by atoms with van der Waals surface area (Å²) in [5.41, 5.74) is 11.3. The Hall–Kier alpha value is -3.20. The normalized spacial score (nSPS) is 10.1. The van der Waals surface area contributed by atoms with Gasteiger partial charge in [0.15, 0.2) is 0 Å². The highest BCUT2D eigenvalue weighted by atomic mass is 16.4. The van der Waals surface area contributed by atoms with E-state index < -0.39 is 11.9 Å². The Labute approximate surface area is 131 Å². The molecule has 120 valence electrons. The van der Waals surface area contributed by atoms with E-state index in [0.29, 0.717) is 18.8 Å². The van der Waals surface area contributed by atoms with Gasteiger partial charge < -0.3 is 27.2 Å². The number of primary amides is 1. The minimum absolute atomic E-state index is 0.0871. The van der Waals surface area contributed by atoms with Gasteiger partial charge in [0.1, 0.15) is 11.4 Å². The van der Waals surface area contributed by atoms with Crippen LogP contribution in [0.2, 0.25) is 0 Å². The molecule has 0 bridgehead atoms. The van der Waals surface area contributed by atoms with Crippen molar-refractivity contribution in [2.45, 2.75) is 0 Å². The lowest BCUT2D eigenvalue weighted by Gasteiger charge is -2.11. The van der Waals surface area contributed by atoms with E-state index >= 15 is 0 Å². The summed E-state index contributed by atoms with van der Waals surface area (Å²) < 4.78 is 0. The van der Waals surface area contributed by atoms with Crippen LogP contribution < -0.4 is 22.1 Å². The molecule has 0 saturated carbocycles. The van der Waals surface area contributed by atoms with Gasteiger partial charge in [-0.3, -0.25) is 4.79 Å². The van der Waals surface area contributed by atoms with Gasteiger partial charge in [0.2, 0.25) is 5.95 Å². The largest absolute Gasteiger partial charge is 0.478 e. The monoisotopic (exact) mass is 316 g/mol. The number of anilines is 3. The van der Waals surface area contributed by atoms with Gasteiger partial charge in [-0.15, -0.1) is 0 Å². The minimum Gasteiger partial charge on any atom is -0.478 e. The van der Waals surface area contributed by atoms with Crippen molar-refractivity contribution < 1.29 is 14.7 Å². The molecular weight excluding hydrogens is 300 g/mol. The van der Waals surface area contributed by atoms with Gasteiger partial charge in [-0.2, -0.15) is 4.98 Å². The number of carboxylic acid groups (broad SMARTS) is 1. The van der Waals surface area contributed by atoms with Crippen molar-refractivity contribution in [3.8, 4) is 0 Å². The number of hydrogen-bond acceptors (Lipinski definition) is 7. The van der Waals surface area contributed by atoms with Crippen molar-refractivity contribution in [3.63, 3.8) is 0 Å². The van der Waals surface area contributed by atoms with E-state index in [4.69, 9.17) is 16.6 Å².